The van der Waals surface area contributed by atoms with Crippen LogP contribution in [0.2, 0.25) is 0 Å². The van der Waals surface area contributed by atoms with Crippen LogP contribution in [-0.2, 0) is 0 Å². The van der Waals surface area contributed by atoms with Gasteiger partial charge in [-0.3, -0.25) is 0 Å². The second kappa shape index (κ2) is 3.55. The normalized spacial score (nSPS) is 9.27. The molecule has 0 unspecified atom stereocenters. The molecule has 0 aliphatic carbocycles. The number of nitrogens with zero attached hydrogens (tertiary/aromatic N) is 1. The van der Waals surface area contributed by atoms with Crippen molar-refractivity contribution in [2.24, 2.45) is 0 Å². The van der Waals surface area contributed by atoms with Crippen LogP contribution < -0.4 is 0 Å². The maximum Gasteiger partial charge on any atom is 0.0992 e. The smallest absolute Gasteiger partial charge is 0.0992 e. The second-order valence-corrected chi connectivity index (χ2v) is 4.16. The van der Waals surface area contributed by atoms with Gasteiger partial charge < -0.3 is 0 Å². The van der Waals surface area contributed by atoms with Crippen molar-refractivity contribution in [3.8, 4) is 6.07 Å². The highest BCUT2D eigenvalue weighted by atomic mass is 127. The fourth-order valence-electron chi connectivity index (χ4n) is 0.791. The van der Waals surface area contributed by atoms with Crippen LogP contribution in [0.1, 0.15) is 11.1 Å². The molecule has 0 saturated heterocycles. The maximum atomic E-state index is 8.61. The van der Waals surface area contributed by atoms with E-state index >= 15 is 0 Å². The van der Waals surface area contributed by atoms with Crippen LogP contribution in [0.3, 0.4) is 0 Å². The van der Waals surface area contributed by atoms with Crippen molar-refractivity contribution in [1.29, 1.82) is 5.26 Å². The van der Waals surface area contributed by atoms with Crippen LogP contribution in [-0.4, -0.2) is 0 Å². The van der Waals surface area contributed by atoms with Crippen molar-refractivity contribution in [3.05, 3.63) is 31.3 Å². The maximum absolute atomic E-state index is 8.61. The summed E-state index contributed by atoms with van der Waals surface area (Å²) < 4.78 is 2.16. The Hall–Kier alpha value is -0.0800. The lowest BCUT2D eigenvalue weighted by Gasteiger charge is -2.00. The van der Waals surface area contributed by atoms with Crippen LogP contribution in [0.5, 0.6) is 0 Å². The second-order valence-electron chi connectivity index (χ2n) is 2.20. The Balaban J connectivity index is 3.35. The van der Waals surface area contributed by atoms with E-state index < -0.39 is 0 Å². The Labute approximate surface area is 87.7 Å². The van der Waals surface area contributed by atoms with Gasteiger partial charge in [0.05, 0.1) is 11.6 Å². The molecule has 0 amide bonds. The number of nitriles is 1. The van der Waals surface area contributed by atoms with Gasteiger partial charge in [-0.1, -0.05) is 0 Å². The zero-order chi connectivity index (χ0) is 8.43. The molecule has 3 heteroatoms. The summed E-state index contributed by atoms with van der Waals surface area (Å²) in [6.45, 7) is 1.98. The van der Waals surface area contributed by atoms with Gasteiger partial charge in [-0.05, 0) is 63.1 Å². The van der Waals surface area contributed by atoms with Gasteiger partial charge in [0.2, 0.25) is 0 Å². The van der Waals surface area contributed by atoms with E-state index in [1.165, 1.54) is 0 Å². The molecular weight excluding hydrogens is 317 g/mol. The molecule has 0 aliphatic heterocycles. The minimum atomic E-state index is 0.718. The fourth-order valence-corrected chi connectivity index (χ4v) is 1.78. The first-order chi connectivity index (χ1) is 5.15. The third-order valence-electron chi connectivity index (χ3n) is 1.34. The minimum Gasteiger partial charge on any atom is -0.192 e. The van der Waals surface area contributed by atoms with Crippen LogP contribution in [0.15, 0.2) is 16.6 Å². The van der Waals surface area contributed by atoms with E-state index in [0.29, 0.717) is 0 Å². The Morgan fingerprint density at radius 1 is 1.55 bits per heavy atom. The van der Waals surface area contributed by atoms with Crippen LogP contribution in [0, 0.1) is 21.8 Å². The molecule has 0 atom stereocenters. The summed E-state index contributed by atoms with van der Waals surface area (Å²) >= 11 is 5.63. The Morgan fingerprint density at radius 2 is 2.18 bits per heavy atom. The largest absolute Gasteiger partial charge is 0.192 e. The lowest BCUT2D eigenvalue weighted by molar-refractivity contribution is 1.37. The molecule has 0 saturated carbocycles. The highest BCUT2D eigenvalue weighted by molar-refractivity contribution is 14.1. The summed E-state index contributed by atoms with van der Waals surface area (Å²) in [6.07, 6.45) is 0. The monoisotopic (exact) mass is 321 g/mol. The topological polar surface area (TPSA) is 23.8 Å². The molecule has 0 aromatic heterocycles. The molecule has 1 aromatic carbocycles. The molecule has 0 N–H and O–H groups in total. The van der Waals surface area contributed by atoms with Crippen molar-refractivity contribution in [1.82, 2.24) is 0 Å². The number of halogens is 2. The highest BCUT2D eigenvalue weighted by Gasteiger charge is 2.01. The summed E-state index contributed by atoms with van der Waals surface area (Å²) in [5.41, 5.74) is 1.82. The van der Waals surface area contributed by atoms with Crippen LogP contribution in [0.25, 0.3) is 0 Å². The van der Waals surface area contributed by atoms with Gasteiger partial charge >= 0.3 is 0 Å². The first-order valence-corrected chi connectivity index (χ1v) is 4.88. The van der Waals surface area contributed by atoms with Gasteiger partial charge in [-0.2, -0.15) is 5.26 Å². The quantitative estimate of drug-likeness (QED) is 0.673. The van der Waals surface area contributed by atoms with Crippen LogP contribution >= 0.6 is 38.5 Å². The molecule has 0 aliphatic rings. The SMILES string of the molecule is Cc1cc(C#N)cc(I)c1Br. The number of rotatable bonds is 0. The number of hydrogen-bond donors (Lipinski definition) is 0. The summed E-state index contributed by atoms with van der Waals surface area (Å²) in [6, 6.07) is 5.84. The van der Waals surface area contributed by atoms with Gasteiger partial charge in [0.1, 0.15) is 0 Å². The lowest BCUT2D eigenvalue weighted by Crippen LogP contribution is -1.83. The van der Waals surface area contributed by atoms with Crippen LogP contribution in [0.4, 0.5) is 0 Å². The first kappa shape index (κ1) is 9.01. The molecule has 0 radical (unpaired) electrons. The third-order valence-corrected chi connectivity index (χ3v) is 3.98. The fraction of sp³-hybridized carbons (Fsp3) is 0.125. The summed E-state index contributed by atoms with van der Waals surface area (Å²) in [5.74, 6) is 0. The Morgan fingerprint density at radius 3 is 2.64 bits per heavy atom. The van der Waals surface area contributed by atoms with Crippen molar-refractivity contribution >= 4 is 38.5 Å². The van der Waals surface area contributed by atoms with E-state index in [2.05, 4.69) is 44.6 Å². The Kier molecular flexibility index (Phi) is 2.90. The average molecular weight is 322 g/mol. The van der Waals surface area contributed by atoms with Gasteiger partial charge in [0.15, 0.2) is 0 Å². The van der Waals surface area contributed by atoms with E-state index in [4.69, 9.17) is 5.26 Å². The van der Waals surface area contributed by atoms with Crippen molar-refractivity contribution in [2.75, 3.05) is 0 Å². The predicted molar refractivity (Wildman–Crippen MR) is 56.3 cm³/mol. The molecule has 1 nitrogen and oxygen atoms in total. The van der Waals surface area contributed by atoms with Gasteiger partial charge in [0.25, 0.3) is 0 Å². The summed E-state index contributed by atoms with van der Waals surface area (Å²) in [7, 11) is 0. The molecular formula is C8H5BrIN. The first-order valence-electron chi connectivity index (χ1n) is 3.01. The zero-order valence-corrected chi connectivity index (χ0v) is 9.60. The molecule has 0 heterocycles. The van der Waals surface area contributed by atoms with Crippen molar-refractivity contribution in [2.45, 2.75) is 6.92 Å². The molecule has 0 bridgehead atoms. The Bertz CT molecular complexity index is 304. The number of benzene rings is 1. The molecule has 0 fully saturated rings. The highest BCUT2D eigenvalue weighted by Crippen LogP contribution is 2.24. The van der Waals surface area contributed by atoms with E-state index in [9.17, 15) is 0 Å². The predicted octanol–water partition coefficient (Wildman–Crippen LogP) is 3.23. The van der Waals surface area contributed by atoms with Crippen molar-refractivity contribution in [3.63, 3.8) is 0 Å². The van der Waals surface area contributed by atoms with E-state index in [1.807, 2.05) is 19.1 Å². The average Bonchev–Trinajstić information content (AvgIpc) is 1.99. The van der Waals surface area contributed by atoms with Gasteiger partial charge in [0, 0.05) is 8.04 Å². The minimum absolute atomic E-state index is 0.718. The van der Waals surface area contributed by atoms with E-state index in [0.717, 1.165) is 19.2 Å². The molecule has 11 heavy (non-hydrogen) atoms. The zero-order valence-electron chi connectivity index (χ0n) is 5.86. The molecule has 1 rings (SSSR count). The van der Waals surface area contributed by atoms with E-state index in [1.54, 1.807) is 0 Å². The summed E-state index contributed by atoms with van der Waals surface area (Å²) in [5, 5.41) is 8.61. The standard InChI is InChI=1S/C8H5BrIN/c1-5-2-6(4-11)3-7(10)8(5)9/h2-3H,1H3. The number of hydrogen-bond acceptors (Lipinski definition) is 1. The van der Waals surface area contributed by atoms with Gasteiger partial charge in [-0.25, -0.2) is 0 Å². The van der Waals surface area contributed by atoms with Crippen molar-refractivity contribution < 1.29 is 0 Å². The molecule has 0 spiro atoms. The number of aryl methyl sites for hydroxylation is 1. The molecule has 1 aromatic rings. The van der Waals surface area contributed by atoms with Gasteiger partial charge in [-0.15, -0.1) is 0 Å². The lowest BCUT2D eigenvalue weighted by atomic mass is 10.2. The third kappa shape index (κ3) is 1.94. The summed E-state index contributed by atoms with van der Waals surface area (Å²) in [4.78, 5) is 0. The molecule has 56 valence electrons. The van der Waals surface area contributed by atoms with E-state index in [-0.39, 0.29) is 0 Å².